The molecule has 1 aliphatic heterocycles. The second-order valence-electron chi connectivity index (χ2n) is 5.34. The lowest BCUT2D eigenvalue weighted by Crippen LogP contribution is -2.40. The largest absolute Gasteiger partial charge is 0.481 e. The molecular weight excluding hydrogens is 294 g/mol. The monoisotopic (exact) mass is 315 g/mol. The van der Waals surface area contributed by atoms with E-state index in [0.29, 0.717) is 43.9 Å². The van der Waals surface area contributed by atoms with Crippen molar-refractivity contribution >= 4 is 11.9 Å². The normalized spacial score (nSPS) is 14.9. The molecule has 5 heteroatoms. The first-order valence-corrected chi connectivity index (χ1v) is 7.78. The van der Waals surface area contributed by atoms with Gasteiger partial charge in [-0.2, -0.15) is 0 Å². The predicted molar refractivity (Wildman–Crippen MR) is 86.0 cm³/mol. The van der Waals surface area contributed by atoms with Gasteiger partial charge in [-0.1, -0.05) is 5.92 Å². The van der Waals surface area contributed by atoms with Gasteiger partial charge in [0.05, 0.1) is 12.5 Å². The van der Waals surface area contributed by atoms with Crippen LogP contribution in [0.4, 0.5) is 0 Å². The van der Waals surface area contributed by atoms with Gasteiger partial charge in [0, 0.05) is 18.7 Å². The van der Waals surface area contributed by atoms with Gasteiger partial charge in [0.15, 0.2) is 0 Å². The molecule has 122 valence electrons. The van der Waals surface area contributed by atoms with Crippen molar-refractivity contribution in [2.75, 3.05) is 26.3 Å². The fraction of sp³-hybridized carbons (Fsp3) is 0.444. The zero-order valence-electron chi connectivity index (χ0n) is 13.3. The number of amides is 1. The number of rotatable bonds is 5. The van der Waals surface area contributed by atoms with Gasteiger partial charge >= 0.3 is 5.97 Å². The smallest absolute Gasteiger partial charge is 0.309 e. The maximum absolute atomic E-state index is 12.5. The van der Waals surface area contributed by atoms with Crippen molar-refractivity contribution in [3.8, 4) is 18.1 Å². The summed E-state index contributed by atoms with van der Waals surface area (Å²) >= 11 is 0. The summed E-state index contributed by atoms with van der Waals surface area (Å²) in [6.45, 7) is 3.53. The van der Waals surface area contributed by atoms with Gasteiger partial charge in [-0.3, -0.25) is 9.59 Å². The fourth-order valence-electron chi connectivity index (χ4n) is 2.58. The molecule has 2 rings (SSSR count). The summed E-state index contributed by atoms with van der Waals surface area (Å²) in [4.78, 5) is 25.9. The van der Waals surface area contributed by atoms with Gasteiger partial charge in [-0.15, -0.1) is 6.42 Å². The highest BCUT2D eigenvalue weighted by atomic mass is 16.5. The van der Waals surface area contributed by atoms with Crippen LogP contribution in [-0.4, -0.2) is 43.1 Å². The van der Waals surface area contributed by atoms with Gasteiger partial charge in [-0.05, 0) is 44.0 Å². The molecule has 1 aromatic carbocycles. The van der Waals surface area contributed by atoms with Crippen molar-refractivity contribution in [2.45, 2.75) is 19.8 Å². The second kappa shape index (κ2) is 8.23. The molecule has 0 radical (unpaired) electrons. The van der Waals surface area contributed by atoms with Crippen LogP contribution in [0.3, 0.4) is 0 Å². The summed E-state index contributed by atoms with van der Waals surface area (Å²) in [7, 11) is 0. The molecular formula is C18H21NO4. The van der Waals surface area contributed by atoms with Crippen LogP contribution in [0, 0.1) is 18.3 Å². The van der Waals surface area contributed by atoms with E-state index in [0.717, 1.165) is 0 Å². The Hall–Kier alpha value is -2.48. The van der Waals surface area contributed by atoms with Gasteiger partial charge in [0.2, 0.25) is 0 Å². The van der Waals surface area contributed by atoms with E-state index >= 15 is 0 Å². The number of likely N-dealkylation sites (tertiary alicyclic amines) is 1. The van der Waals surface area contributed by atoms with E-state index in [1.807, 2.05) is 0 Å². The lowest BCUT2D eigenvalue weighted by Gasteiger charge is -2.31. The summed E-state index contributed by atoms with van der Waals surface area (Å²) in [5, 5.41) is 0. The number of benzene rings is 1. The number of terminal acetylenes is 1. The lowest BCUT2D eigenvalue weighted by atomic mass is 9.96. The molecule has 0 N–H and O–H groups in total. The molecule has 0 atom stereocenters. The average molecular weight is 315 g/mol. The summed E-state index contributed by atoms with van der Waals surface area (Å²) < 4.78 is 10.3. The standard InChI is InChI=1S/C18H21NO4/c1-3-13-23-16-7-5-14(6-8-16)17(20)19-11-9-15(10-12-19)18(21)22-4-2/h1,5-8,15H,4,9-13H2,2H3. The zero-order valence-corrected chi connectivity index (χ0v) is 13.3. The molecule has 0 aliphatic carbocycles. The van der Waals surface area contributed by atoms with E-state index in [-0.39, 0.29) is 24.4 Å². The van der Waals surface area contributed by atoms with Crippen LogP contribution in [0.1, 0.15) is 30.1 Å². The average Bonchev–Trinajstić information content (AvgIpc) is 2.60. The second-order valence-corrected chi connectivity index (χ2v) is 5.34. The third-order valence-corrected chi connectivity index (χ3v) is 3.83. The topological polar surface area (TPSA) is 55.8 Å². The summed E-state index contributed by atoms with van der Waals surface area (Å²) in [5.41, 5.74) is 0.604. The highest BCUT2D eigenvalue weighted by molar-refractivity contribution is 5.94. The van der Waals surface area contributed by atoms with Crippen LogP contribution in [0.15, 0.2) is 24.3 Å². The quantitative estimate of drug-likeness (QED) is 0.617. The molecule has 0 saturated carbocycles. The maximum atomic E-state index is 12.5. The highest BCUT2D eigenvalue weighted by Gasteiger charge is 2.28. The molecule has 5 nitrogen and oxygen atoms in total. The Balaban J connectivity index is 1.89. The van der Waals surface area contributed by atoms with E-state index in [4.69, 9.17) is 15.9 Å². The molecule has 0 unspecified atom stereocenters. The number of piperidine rings is 1. The fourth-order valence-corrected chi connectivity index (χ4v) is 2.58. The molecule has 1 aromatic rings. The Morgan fingerprint density at radius 2 is 1.91 bits per heavy atom. The van der Waals surface area contributed by atoms with Crippen molar-refractivity contribution < 1.29 is 19.1 Å². The number of carbonyl (C=O) groups is 2. The molecule has 23 heavy (non-hydrogen) atoms. The molecule has 0 aromatic heterocycles. The van der Waals surface area contributed by atoms with Gasteiger partial charge in [0.1, 0.15) is 12.4 Å². The first kappa shape index (κ1) is 16.9. The van der Waals surface area contributed by atoms with E-state index in [9.17, 15) is 9.59 Å². The van der Waals surface area contributed by atoms with Crippen molar-refractivity contribution in [3.05, 3.63) is 29.8 Å². The minimum absolute atomic E-state index is 0.0317. The van der Waals surface area contributed by atoms with Gasteiger partial charge in [-0.25, -0.2) is 0 Å². The number of hydrogen-bond acceptors (Lipinski definition) is 4. The summed E-state index contributed by atoms with van der Waals surface area (Å²) in [6.07, 6.45) is 6.43. The lowest BCUT2D eigenvalue weighted by molar-refractivity contribution is -0.149. The third-order valence-electron chi connectivity index (χ3n) is 3.83. The van der Waals surface area contributed by atoms with Crippen LogP contribution >= 0.6 is 0 Å². The first-order chi connectivity index (χ1) is 11.2. The Morgan fingerprint density at radius 3 is 2.48 bits per heavy atom. The van der Waals surface area contributed by atoms with Crippen LogP contribution in [0.25, 0.3) is 0 Å². The molecule has 1 fully saturated rings. The Morgan fingerprint density at radius 1 is 1.26 bits per heavy atom. The molecule has 1 aliphatic rings. The maximum Gasteiger partial charge on any atom is 0.309 e. The Labute approximate surface area is 136 Å². The van der Waals surface area contributed by atoms with Crippen molar-refractivity contribution in [1.82, 2.24) is 4.90 Å². The number of esters is 1. The summed E-state index contributed by atoms with van der Waals surface area (Å²) in [6, 6.07) is 6.92. The van der Waals surface area contributed by atoms with Crippen molar-refractivity contribution in [1.29, 1.82) is 0 Å². The van der Waals surface area contributed by atoms with Crippen LogP contribution < -0.4 is 4.74 Å². The van der Waals surface area contributed by atoms with E-state index in [2.05, 4.69) is 5.92 Å². The molecule has 0 bridgehead atoms. The number of hydrogen-bond donors (Lipinski definition) is 0. The molecule has 0 spiro atoms. The van der Waals surface area contributed by atoms with Gasteiger partial charge in [0.25, 0.3) is 5.91 Å². The Kier molecular flexibility index (Phi) is 6.04. The van der Waals surface area contributed by atoms with E-state index in [1.165, 1.54) is 0 Å². The summed E-state index contributed by atoms with van der Waals surface area (Å²) in [5.74, 6) is 2.74. The van der Waals surface area contributed by atoms with Crippen molar-refractivity contribution in [2.24, 2.45) is 5.92 Å². The van der Waals surface area contributed by atoms with Crippen LogP contribution in [-0.2, 0) is 9.53 Å². The van der Waals surface area contributed by atoms with Crippen LogP contribution in [0.2, 0.25) is 0 Å². The highest BCUT2D eigenvalue weighted by Crippen LogP contribution is 2.21. The minimum Gasteiger partial charge on any atom is -0.481 e. The third kappa shape index (κ3) is 4.49. The predicted octanol–water partition coefficient (Wildman–Crippen LogP) is 2.11. The number of carbonyl (C=O) groups excluding carboxylic acids is 2. The number of ether oxygens (including phenoxy) is 2. The van der Waals surface area contributed by atoms with Crippen molar-refractivity contribution in [3.63, 3.8) is 0 Å². The van der Waals surface area contributed by atoms with Crippen LogP contribution in [0.5, 0.6) is 5.75 Å². The SMILES string of the molecule is C#CCOc1ccc(C(=O)N2CCC(C(=O)OCC)CC2)cc1. The molecule has 1 amide bonds. The van der Waals surface area contributed by atoms with E-state index in [1.54, 1.807) is 36.1 Å². The zero-order chi connectivity index (χ0) is 16.7. The number of nitrogens with zero attached hydrogens (tertiary/aromatic N) is 1. The van der Waals surface area contributed by atoms with Gasteiger partial charge < -0.3 is 14.4 Å². The van der Waals surface area contributed by atoms with E-state index < -0.39 is 0 Å². The molecule has 1 saturated heterocycles. The minimum atomic E-state index is -0.158. The Bertz CT molecular complexity index is 580. The molecule has 1 heterocycles. The first-order valence-electron chi connectivity index (χ1n) is 7.78.